The van der Waals surface area contributed by atoms with Gasteiger partial charge in [-0.2, -0.15) is 11.3 Å². The van der Waals surface area contributed by atoms with Gasteiger partial charge in [0.25, 0.3) is 5.91 Å². The maximum Gasteiger partial charge on any atom is 0.323 e. The Morgan fingerprint density at radius 3 is 2.39 bits per heavy atom. The Bertz CT molecular complexity index is 1310. The molecule has 0 saturated heterocycles. The zero-order valence-electron chi connectivity index (χ0n) is 17.6. The molecule has 0 spiro atoms. The first-order valence-corrected chi connectivity index (χ1v) is 10.9. The van der Waals surface area contributed by atoms with Gasteiger partial charge in [-0.3, -0.25) is 4.79 Å². The average molecular weight is 462 g/mol. The minimum Gasteiger partial charge on any atom is -0.505 e. The molecule has 0 unspecified atom stereocenters. The highest BCUT2D eigenvalue weighted by atomic mass is 32.1. The summed E-state index contributed by atoms with van der Waals surface area (Å²) in [4.78, 5) is 25.2. The fraction of sp³-hybridized carbons (Fsp3) is 0.0400. The maximum absolute atomic E-state index is 13.7. The normalized spacial score (nSPS) is 10.5. The molecule has 0 saturated carbocycles. The third kappa shape index (κ3) is 5.19. The monoisotopic (exact) mass is 461 g/mol. The van der Waals surface area contributed by atoms with Crippen LogP contribution in [0.15, 0.2) is 77.5 Å². The van der Waals surface area contributed by atoms with Gasteiger partial charge in [-0.25, -0.2) is 9.18 Å². The van der Waals surface area contributed by atoms with E-state index in [0.717, 1.165) is 17.2 Å². The number of phenols is 1. The fourth-order valence-corrected chi connectivity index (χ4v) is 3.92. The lowest BCUT2D eigenvalue weighted by molar-refractivity contribution is 0.102. The van der Waals surface area contributed by atoms with Crippen LogP contribution in [0.1, 0.15) is 15.9 Å². The first-order chi connectivity index (χ1) is 15.9. The van der Waals surface area contributed by atoms with Crippen LogP contribution in [-0.4, -0.2) is 17.0 Å². The molecule has 0 fully saturated rings. The van der Waals surface area contributed by atoms with Crippen molar-refractivity contribution >= 4 is 40.3 Å². The predicted molar refractivity (Wildman–Crippen MR) is 130 cm³/mol. The van der Waals surface area contributed by atoms with Crippen molar-refractivity contribution < 1.29 is 19.1 Å². The molecule has 0 aliphatic carbocycles. The van der Waals surface area contributed by atoms with Crippen LogP contribution in [-0.2, 0) is 0 Å². The van der Waals surface area contributed by atoms with E-state index >= 15 is 0 Å². The van der Waals surface area contributed by atoms with E-state index in [-0.39, 0.29) is 11.6 Å². The number of hydrogen-bond acceptors (Lipinski definition) is 4. The number of benzene rings is 3. The summed E-state index contributed by atoms with van der Waals surface area (Å²) in [5.74, 6) is -1.59. The molecule has 3 amide bonds. The SMILES string of the molecule is Cc1cc(O)c(F)cc1NC(=O)Nc1cc(NC(=O)c2ccccc2)ccc1-c1ccsc1. The van der Waals surface area contributed by atoms with Gasteiger partial charge in [0.2, 0.25) is 0 Å². The van der Waals surface area contributed by atoms with Crippen molar-refractivity contribution in [1.82, 2.24) is 0 Å². The molecule has 1 heterocycles. The van der Waals surface area contributed by atoms with Crippen LogP contribution in [0, 0.1) is 12.7 Å². The van der Waals surface area contributed by atoms with Crippen LogP contribution in [0.25, 0.3) is 11.1 Å². The number of hydrogen-bond donors (Lipinski definition) is 4. The highest BCUT2D eigenvalue weighted by Gasteiger charge is 2.14. The van der Waals surface area contributed by atoms with Crippen LogP contribution in [0.5, 0.6) is 5.75 Å². The summed E-state index contributed by atoms with van der Waals surface area (Å²) in [5, 5.41) is 21.6. The summed E-state index contributed by atoms with van der Waals surface area (Å²) >= 11 is 1.52. The van der Waals surface area contributed by atoms with Gasteiger partial charge < -0.3 is 21.1 Å². The number of carbonyl (C=O) groups is 2. The van der Waals surface area contributed by atoms with Crippen LogP contribution in [0.2, 0.25) is 0 Å². The van der Waals surface area contributed by atoms with Crippen molar-refractivity contribution in [1.29, 1.82) is 0 Å². The first kappa shape index (κ1) is 22.0. The Kier molecular flexibility index (Phi) is 6.37. The number of aryl methyl sites for hydroxylation is 1. The lowest BCUT2D eigenvalue weighted by Gasteiger charge is -2.15. The number of rotatable bonds is 5. The van der Waals surface area contributed by atoms with Crippen molar-refractivity contribution in [3.05, 3.63) is 94.4 Å². The van der Waals surface area contributed by atoms with Crippen molar-refractivity contribution in [3.63, 3.8) is 0 Å². The van der Waals surface area contributed by atoms with E-state index in [4.69, 9.17) is 0 Å². The Labute approximate surface area is 193 Å². The minimum absolute atomic E-state index is 0.230. The van der Waals surface area contributed by atoms with Gasteiger partial charge in [0.05, 0.1) is 5.69 Å². The van der Waals surface area contributed by atoms with E-state index in [0.29, 0.717) is 22.5 Å². The van der Waals surface area contributed by atoms with Gasteiger partial charge in [0.1, 0.15) is 0 Å². The summed E-state index contributed by atoms with van der Waals surface area (Å²) in [5.41, 5.74) is 3.88. The van der Waals surface area contributed by atoms with Crippen LogP contribution in [0.4, 0.5) is 26.2 Å². The summed E-state index contributed by atoms with van der Waals surface area (Å²) in [7, 11) is 0. The number of carbonyl (C=O) groups excluding carboxylic acids is 2. The molecular formula is C25H20FN3O3S. The van der Waals surface area contributed by atoms with Crippen molar-refractivity contribution in [2.24, 2.45) is 0 Å². The van der Waals surface area contributed by atoms with E-state index in [1.807, 2.05) is 29.0 Å². The second-order valence-electron chi connectivity index (χ2n) is 7.29. The summed E-state index contributed by atoms with van der Waals surface area (Å²) < 4.78 is 13.7. The number of urea groups is 1. The average Bonchev–Trinajstić information content (AvgIpc) is 3.33. The summed E-state index contributed by atoms with van der Waals surface area (Å²) in [6.07, 6.45) is 0. The number of halogens is 1. The smallest absolute Gasteiger partial charge is 0.323 e. The molecule has 8 heteroatoms. The van der Waals surface area contributed by atoms with Crippen LogP contribution in [0.3, 0.4) is 0 Å². The zero-order chi connectivity index (χ0) is 23.4. The largest absolute Gasteiger partial charge is 0.505 e. The van der Waals surface area contributed by atoms with Crippen molar-refractivity contribution in [2.75, 3.05) is 16.0 Å². The van der Waals surface area contributed by atoms with Gasteiger partial charge >= 0.3 is 6.03 Å². The Hall–Kier alpha value is -4.17. The quantitative estimate of drug-likeness (QED) is 0.257. The van der Waals surface area contributed by atoms with Crippen molar-refractivity contribution in [3.8, 4) is 16.9 Å². The van der Waals surface area contributed by atoms with Gasteiger partial charge in [0.15, 0.2) is 11.6 Å². The number of phenolic OH excluding ortho intramolecular Hbond substituents is 1. The van der Waals surface area contributed by atoms with E-state index in [9.17, 15) is 19.1 Å². The Morgan fingerprint density at radius 1 is 0.909 bits per heavy atom. The summed E-state index contributed by atoms with van der Waals surface area (Å²) in [6.45, 7) is 1.64. The standard InChI is InChI=1S/C25H20FN3O3S/c1-15-11-23(30)20(26)13-21(15)28-25(32)29-22-12-18(7-8-19(22)17-9-10-33-14-17)27-24(31)16-5-3-2-4-6-16/h2-14,30H,1H3,(H,27,31)(H2,28,29,32). The van der Waals surface area contributed by atoms with E-state index < -0.39 is 17.6 Å². The fourth-order valence-electron chi connectivity index (χ4n) is 3.26. The molecule has 3 aromatic carbocycles. The Balaban J connectivity index is 1.59. The second-order valence-corrected chi connectivity index (χ2v) is 8.07. The molecule has 0 aliphatic heterocycles. The Morgan fingerprint density at radius 2 is 1.67 bits per heavy atom. The molecule has 4 rings (SSSR count). The van der Waals surface area contributed by atoms with Gasteiger partial charge in [0, 0.05) is 28.6 Å². The summed E-state index contributed by atoms with van der Waals surface area (Å²) in [6, 6.07) is 17.7. The zero-order valence-corrected chi connectivity index (χ0v) is 18.4. The predicted octanol–water partition coefficient (Wildman–Crippen LogP) is 6.46. The molecule has 4 aromatic rings. The number of aromatic hydroxyl groups is 1. The molecular weight excluding hydrogens is 441 g/mol. The molecule has 166 valence electrons. The molecule has 0 radical (unpaired) electrons. The van der Waals surface area contributed by atoms with Gasteiger partial charge in [-0.15, -0.1) is 0 Å². The lowest BCUT2D eigenvalue weighted by atomic mass is 10.1. The maximum atomic E-state index is 13.7. The number of amides is 3. The van der Waals surface area contributed by atoms with E-state index in [1.54, 1.807) is 43.3 Å². The van der Waals surface area contributed by atoms with Crippen molar-refractivity contribution in [2.45, 2.75) is 6.92 Å². The molecule has 0 bridgehead atoms. The third-order valence-electron chi connectivity index (χ3n) is 4.94. The van der Waals surface area contributed by atoms with Crippen LogP contribution >= 0.6 is 11.3 Å². The molecule has 4 N–H and O–H groups in total. The number of anilines is 3. The first-order valence-electron chi connectivity index (χ1n) is 10.0. The topological polar surface area (TPSA) is 90.5 Å². The third-order valence-corrected chi connectivity index (χ3v) is 5.62. The highest BCUT2D eigenvalue weighted by molar-refractivity contribution is 7.08. The second kappa shape index (κ2) is 9.54. The molecule has 6 nitrogen and oxygen atoms in total. The molecule has 1 aromatic heterocycles. The van der Waals surface area contributed by atoms with E-state index in [1.165, 1.54) is 17.4 Å². The molecule has 33 heavy (non-hydrogen) atoms. The minimum atomic E-state index is -0.833. The lowest BCUT2D eigenvalue weighted by Crippen LogP contribution is -2.21. The highest BCUT2D eigenvalue weighted by Crippen LogP contribution is 2.33. The van der Waals surface area contributed by atoms with Gasteiger partial charge in [-0.05, 0) is 65.2 Å². The van der Waals surface area contributed by atoms with E-state index in [2.05, 4.69) is 16.0 Å². The van der Waals surface area contributed by atoms with Gasteiger partial charge in [-0.1, -0.05) is 24.3 Å². The number of nitrogens with one attached hydrogen (secondary N) is 3. The number of thiophene rings is 1. The molecule has 0 aliphatic rings. The molecule has 0 atom stereocenters. The van der Waals surface area contributed by atoms with Crippen LogP contribution < -0.4 is 16.0 Å².